The fourth-order valence-electron chi connectivity index (χ4n) is 3.49. The highest BCUT2D eigenvalue weighted by molar-refractivity contribution is 7.99. The molecule has 2 heterocycles. The van der Waals surface area contributed by atoms with Crippen molar-refractivity contribution in [3.63, 3.8) is 0 Å². The van der Waals surface area contributed by atoms with Gasteiger partial charge in [0.2, 0.25) is 5.91 Å². The Labute approximate surface area is 185 Å². The molecule has 0 fully saturated rings. The normalized spacial score (nSPS) is 13.5. The Bertz CT molecular complexity index is 981. The van der Waals surface area contributed by atoms with Crippen LogP contribution in [0.4, 0.5) is 4.79 Å². The fraction of sp³-hybridized carbons (Fsp3) is 0.619. The van der Waals surface area contributed by atoms with Gasteiger partial charge >= 0.3 is 6.03 Å². The van der Waals surface area contributed by atoms with Gasteiger partial charge < -0.3 is 5.32 Å². The number of fused-ring (bicyclic) bond motifs is 3. The number of amides is 3. The summed E-state index contributed by atoms with van der Waals surface area (Å²) in [6.45, 7) is 7.28. The maximum absolute atomic E-state index is 13.4. The van der Waals surface area contributed by atoms with Crippen LogP contribution in [0.15, 0.2) is 9.95 Å². The summed E-state index contributed by atoms with van der Waals surface area (Å²) >= 11 is 2.83. The number of hydrogen-bond acceptors (Lipinski definition) is 6. The molecule has 9 heteroatoms. The smallest absolute Gasteiger partial charge is 0.321 e. The predicted molar refractivity (Wildman–Crippen MR) is 123 cm³/mol. The molecule has 2 N–H and O–H groups in total. The van der Waals surface area contributed by atoms with Crippen molar-refractivity contribution in [3.05, 3.63) is 20.8 Å². The summed E-state index contributed by atoms with van der Waals surface area (Å²) in [5, 5.41) is 6.26. The molecular weight excluding hydrogens is 420 g/mol. The number of thiophene rings is 1. The second-order valence-corrected chi connectivity index (χ2v) is 10.0. The van der Waals surface area contributed by atoms with E-state index >= 15 is 0 Å². The fourth-order valence-corrected chi connectivity index (χ4v) is 5.62. The first kappa shape index (κ1) is 22.8. The number of thioether (sulfide) groups is 1. The zero-order valence-corrected chi connectivity index (χ0v) is 19.5. The van der Waals surface area contributed by atoms with Gasteiger partial charge in [-0.05, 0) is 50.0 Å². The number of urea groups is 1. The van der Waals surface area contributed by atoms with Crippen molar-refractivity contribution in [2.45, 2.75) is 71.0 Å². The topological polar surface area (TPSA) is 93.1 Å². The average molecular weight is 451 g/mol. The molecule has 0 saturated heterocycles. The minimum absolute atomic E-state index is 0.00338. The maximum Gasteiger partial charge on any atom is 0.321 e. The van der Waals surface area contributed by atoms with Gasteiger partial charge in [-0.1, -0.05) is 32.5 Å². The van der Waals surface area contributed by atoms with Crippen LogP contribution in [-0.4, -0.2) is 33.8 Å². The Kier molecular flexibility index (Phi) is 7.93. The lowest BCUT2D eigenvalue weighted by Crippen LogP contribution is -2.40. The largest absolute Gasteiger partial charge is 0.338 e. The van der Waals surface area contributed by atoms with Crippen LogP contribution < -0.4 is 16.2 Å². The lowest BCUT2D eigenvalue weighted by molar-refractivity contribution is -0.117. The van der Waals surface area contributed by atoms with E-state index < -0.39 is 11.9 Å². The van der Waals surface area contributed by atoms with Crippen molar-refractivity contribution in [1.29, 1.82) is 0 Å². The van der Waals surface area contributed by atoms with Crippen LogP contribution in [0.3, 0.4) is 0 Å². The average Bonchev–Trinajstić information content (AvgIpc) is 3.08. The zero-order chi connectivity index (χ0) is 21.7. The highest BCUT2D eigenvalue weighted by Crippen LogP contribution is 2.34. The molecule has 3 rings (SSSR count). The molecule has 3 amide bonds. The number of hydrogen-bond donors (Lipinski definition) is 2. The number of nitrogens with zero attached hydrogens (tertiary/aromatic N) is 2. The molecular formula is C21H30N4O3S2. The van der Waals surface area contributed by atoms with Gasteiger partial charge in [-0.25, -0.2) is 9.78 Å². The summed E-state index contributed by atoms with van der Waals surface area (Å²) in [7, 11) is 0. The van der Waals surface area contributed by atoms with E-state index in [4.69, 9.17) is 4.98 Å². The lowest BCUT2D eigenvalue weighted by Gasteiger charge is -2.14. The van der Waals surface area contributed by atoms with Crippen LogP contribution in [0.25, 0.3) is 10.2 Å². The third-order valence-electron chi connectivity index (χ3n) is 5.09. The number of rotatable bonds is 8. The minimum Gasteiger partial charge on any atom is -0.338 e. The number of aromatic nitrogens is 2. The van der Waals surface area contributed by atoms with E-state index in [1.807, 2.05) is 6.92 Å². The lowest BCUT2D eigenvalue weighted by atomic mass is 9.97. The highest BCUT2D eigenvalue weighted by Gasteiger charge is 2.22. The van der Waals surface area contributed by atoms with E-state index in [2.05, 4.69) is 24.5 Å². The molecule has 0 saturated carbocycles. The molecule has 0 aliphatic heterocycles. The number of carbonyl (C=O) groups excluding carboxylic acids is 2. The molecule has 0 radical (unpaired) electrons. The van der Waals surface area contributed by atoms with Gasteiger partial charge in [0.1, 0.15) is 4.83 Å². The van der Waals surface area contributed by atoms with Gasteiger partial charge in [0.05, 0.1) is 11.1 Å². The van der Waals surface area contributed by atoms with Gasteiger partial charge in [-0.3, -0.25) is 19.5 Å². The molecule has 2 aromatic rings. The van der Waals surface area contributed by atoms with E-state index in [1.165, 1.54) is 22.2 Å². The van der Waals surface area contributed by atoms with Crippen molar-refractivity contribution in [1.82, 2.24) is 20.2 Å². The molecule has 1 aliphatic rings. The number of carbonyl (C=O) groups is 2. The van der Waals surface area contributed by atoms with Crippen LogP contribution in [0, 0.1) is 5.92 Å². The van der Waals surface area contributed by atoms with Gasteiger partial charge in [0.15, 0.2) is 5.16 Å². The van der Waals surface area contributed by atoms with Crippen LogP contribution in [0.1, 0.15) is 56.9 Å². The van der Waals surface area contributed by atoms with Crippen LogP contribution in [-0.2, 0) is 24.2 Å². The van der Waals surface area contributed by atoms with E-state index in [1.54, 1.807) is 15.9 Å². The summed E-state index contributed by atoms with van der Waals surface area (Å²) in [4.78, 5) is 44.1. The Morgan fingerprint density at radius 2 is 2.03 bits per heavy atom. The predicted octanol–water partition coefficient (Wildman–Crippen LogP) is 3.71. The molecule has 0 bridgehead atoms. The maximum atomic E-state index is 13.4. The van der Waals surface area contributed by atoms with E-state index in [-0.39, 0.29) is 11.3 Å². The van der Waals surface area contributed by atoms with Gasteiger partial charge in [0.25, 0.3) is 5.56 Å². The summed E-state index contributed by atoms with van der Waals surface area (Å²) < 4.78 is 1.72. The third kappa shape index (κ3) is 5.43. The Morgan fingerprint density at radius 3 is 2.77 bits per heavy atom. The van der Waals surface area contributed by atoms with Crippen LogP contribution >= 0.6 is 23.1 Å². The van der Waals surface area contributed by atoms with Gasteiger partial charge in [0, 0.05) is 18.0 Å². The molecule has 164 valence electrons. The molecule has 0 spiro atoms. The Hall–Kier alpha value is -1.87. The first-order valence-corrected chi connectivity index (χ1v) is 12.5. The van der Waals surface area contributed by atoms with E-state index in [9.17, 15) is 14.4 Å². The first-order valence-electron chi connectivity index (χ1n) is 10.7. The molecule has 2 aromatic heterocycles. The summed E-state index contributed by atoms with van der Waals surface area (Å²) in [5.74, 6) is 0.0841. The summed E-state index contributed by atoms with van der Waals surface area (Å²) in [5.41, 5.74) is 1.18. The molecule has 0 aromatic carbocycles. The summed E-state index contributed by atoms with van der Waals surface area (Å²) in [6, 6.07) is -0.492. The standard InChI is InChI=1S/C21H30N4O3S2/c1-4-10-22-20(28)23-16(26)12-29-21-24-18-17(14-7-5-6-8-15(14)30-18)19(27)25(21)11-9-13(2)3/h13H,4-12H2,1-3H3,(H2,22,23,26,28). The number of nitrogens with one attached hydrogen (secondary N) is 2. The SMILES string of the molecule is CCCNC(=O)NC(=O)CSc1nc2sc3c(c2c(=O)n1CCC(C)C)CCCC3. The second kappa shape index (κ2) is 10.4. The third-order valence-corrected chi connectivity index (χ3v) is 7.25. The number of imide groups is 1. The van der Waals surface area contributed by atoms with E-state index in [0.29, 0.717) is 24.2 Å². The van der Waals surface area contributed by atoms with E-state index in [0.717, 1.165) is 48.7 Å². The molecule has 0 unspecified atom stereocenters. The van der Waals surface area contributed by atoms with Gasteiger partial charge in [-0.15, -0.1) is 11.3 Å². The van der Waals surface area contributed by atoms with Crippen molar-refractivity contribution in [2.24, 2.45) is 5.92 Å². The van der Waals surface area contributed by atoms with Crippen LogP contribution in [0.2, 0.25) is 0 Å². The number of aryl methyl sites for hydroxylation is 2. The van der Waals surface area contributed by atoms with Crippen molar-refractivity contribution >= 4 is 45.3 Å². The van der Waals surface area contributed by atoms with Gasteiger partial charge in [-0.2, -0.15) is 0 Å². The Balaban J connectivity index is 1.85. The summed E-state index contributed by atoms with van der Waals surface area (Å²) in [6.07, 6.45) is 5.88. The van der Waals surface area contributed by atoms with Crippen molar-refractivity contribution in [3.8, 4) is 0 Å². The molecule has 7 nitrogen and oxygen atoms in total. The first-order chi connectivity index (χ1) is 14.4. The second-order valence-electron chi connectivity index (χ2n) is 8.02. The quantitative estimate of drug-likeness (QED) is 0.472. The molecule has 30 heavy (non-hydrogen) atoms. The minimum atomic E-state index is -0.492. The van der Waals surface area contributed by atoms with Crippen molar-refractivity contribution < 1.29 is 9.59 Å². The van der Waals surface area contributed by atoms with Crippen LogP contribution in [0.5, 0.6) is 0 Å². The van der Waals surface area contributed by atoms with Crippen molar-refractivity contribution in [2.75, 3.05) is 12.3 Å². The molecule has 1 aliphatic carbocycles. The highest BCUT2D eigenvalue weighted by atomic mass is 32.2. The Morgan fingerprint density at radius 1 is 1.27 bits per heavy atom. The molecule has 0 atom stereocenters. The monoisotopic (exact) mass is 450 g/mol. The zero-order valence-electron chi connectivity index (χ0n) is 17.9.